The molecule has 0 atom stereocenters. The van der Waals surface area contributed by atoms with Gasteiger partial charge in [0.1, 0.15) is 5.69 Å². The predicted molar refractivity (Wildman–Crippen MR) is 92.4 cm³/mol. The molecule has 0 aliphatic heterocycles. The van der Waals surface area contributed by atoms with Gasteiger partial charge >= 0.3 is 0 Å². The van der Waals surface area contributed by atoms with E-state index >= 15 is 0 Å². The zero-order valence-electron chi connectivity index (χ0n) is 12.9. The van der Waals surface area contributed by atoms with Gasteiger partial charge in [-0.2, -0.15) is 10.3 Å². The molecule has 0 fully saturated rings. The van der Waals surface area contributed by atoms with Crippen LogP contribution in [0.1, 0.15) is 0 Å². The number of tetrazole rings is 1. The van der Waals surface area contributed by atoms with Gasteiger partial charge in [-0.25, -0.2) is 0 Å². The van der Waals surface area contributed by atoms with Crippen molar-refractivity contribution in [3.05, 3.63) is 60.7 Å². The summed E-state index contributed by atoms with van der Waals surface area (Å²) in [7, 11) is 1.95. The van der Waals surface area contributed by atoms with Crippen molar-refractivity contribution in [1.29, 1.82) is 0 Å². The van der Waals surface area contributed by atoms with Crippen molar-refractivity contribution in [3.8, 4) is 22.5 Å². The van der Waals surface area contributed by atoms with Crippen LogP contribution in [0.15, 0.2) is 70.7 Å². The van der Waals surface area contributed by atoms with Crippen LogP contribution in [0.3, 0.4) is 0 Å². The Kier molecular flexibility index (Phi) is 3.84. The molecule has 0 unspecified atom stereocenters. The maximum atomic E-state index is 4.75. The number of hydrogen-bond acceptors (Lipinski definition) is 5. The second kappa shape index (κ2) is 6.29. The van der Waals surface area contributed by atoms with Crippen LogP contribution in [0.4, 0.5) is 0 Å². The average Bonchev–Trinajstić information content (AvgIpc) is 3.25. The molecule has 0 spiro atoms. The first-order chi connectivity index (χ1) is 11.8. The smallest absolute Gasteiger partial charge is 0.235 e. The Hall–Kier alpha value is -2.93. The minimum absolute atomic E-state index is 0.567. The van der Waals surface area contributed by atoms with Gasteiger partial charge in [0.05, 0.1) is 10.6 Å². The number of nitrogens with one attached hydrogen (secondary N) is 1. The molecule has 0 bridgehead atoms. The zero-order chi connectivity index (χ0) is 16.4. The molecule has 0 amide bonds. The number of aryl methyl sites for hydroxylation is 1. The lowest BCUT2D eigenvalue weighted by Crippen LogP contribution is -1.94. The Bertz CT molecular complexity index is 932. The van der Waals surface area contributed by atoms with Crippen LogP contribution in [-0.2, 0) is 7.05 Å². The maximum absolute atomic E-state index is 4.75. The molecule has 2 heterocycles. The van der Waals surface area contributed by atoms with Crippen molar-refractivity contribution < 1.29 is 0 Å². The molecule has 0 aliphatic rings. The van der Waals surface area contributed by atoms with Crippen LogP contribution in [0.5, 0.6) is 0 Å². The first kappa shape index (κ1) is 14.6. The first-order valence-corrected chi connectivity index (χ1v) is 8.23. The van der Waals surface area contributed by atoms with Crippen LogP contribution in [0.25, 0.3) is 22.5 Å². The van der Waals surface area contributed by atoms with Gasteiger partial charge in [0.2, 0.25) is 5.16 Å². The van der Waals surface area contributed by atoms with Crippen molar-refractivity contribution in [2.24, 2.45) is 7.05 Å². The molecule has 2 aromatic heterocycles. The third kappa shape index (κ3) is 2.69. The van der Waals surface area contributed by atoms with E-state index < -0.39 is 0 Å². The fourth-order valence-electron chi connectivity index (χ4n) is 2.59. The first-order valence-electron chi connectivity index (χ1n) is 7.42. The van der Waals surface area contributed by atoms with Gasteiger partial charge in [0.15, 0.2) is 0 Å². The van der Waals surface area contributed by atoms with Crippen LogP contribution in [0.2, 0.25) is 0 Å². The number of aromatic amines is 1. The SMILES string of the molecule is Cn1nc(-c2ccccc2)c(Sc2nn[nH]n2)c1-c1ccccc1. The Morgan fingerprint density at radius 3 is 2.21 bits per heavy atom. The van der Waals surface area contributed by atoms with E-state index in [0.29, 0.717) is 5.16 Å². The minimum atomic E-state index is 0.567. The standard InChI is InChI=1S/C17H14N6S/c1-23-15(13-10-6-3-7-11-13)16(24-17-18-21-22-19-17)14(20-23)12-8-4-2-5-9-12/h2-11H,1H3,(H,18,19,21,22). The lowest BCUT2D eigenvalue weighted by Gasteiger charge is -2.05. The average molecular weight is 334 g/mol. The lowest BCUT2D eigenvalue weighted by molar-refractivity contribution is 0.778. The molecular formula is C17H14N6S. The van der Waals surface area contributed by atoms with E-state index in [0.717, 1.165) is 27.4 Å². The number of H-pyrrole nitrogens is 1. The summed E-state index contributed by atoms with van der Waals surface area (Å²) in [5.74, 6) is 0. The fourth-order valence-corrected chi connectivity index (χ4v) is 3.54. The highest BCUT2D eigenvalue weighted by Gasteiger charge is 2.21. The summed E-state index contributed by atoms with van der Waals surface area (Å²) in [5, 5.41) is 19.6. The summed E-state index contributed by atoms with van der Waals surface area (Å²) in [5.41, 5.74) is 4.10. The number of hydrogen-bond donors (Lipinski definition) is 1. The minimum Gasteiger partial charge on any atom is -0.266 e. The van der Waals surface area contributed by atoms with Crippen molar-refractivity contribution in [1.82, 2.24) is 30.4 Å². The molecule has 0 radical (unpaired) electrons. The quantitative estimate of drug-likeness (QED) is 0.619. The van der Waals surface area contributed by atoms with Crippen molar-refractivity contribution >= 4 is 11.8 Å². The fraction of sp³-hybridized carbons (Fsp3) is 0.0588. The predicted octanol–water partition coefficient (Wildman–Crippen LogP) is 3.42. The second-order valence-corrected chi connectivity index (χ2v) is 6.16. The summed E-state index contributed by atoms with van der Waals surface area (Å²) in [6.07, 6.45) is 0. The van der Waals surface area contributed by atoms with E-state index in [1.165, 1.54) is 11.8 Å². The van der Waals surface area contributed by atoms with Gasteiger partial charge in [-0.3, -0.25) is 4.68 Å². The summed E-state index contributed by atoms with van der Waals surface area (Å²) in [4.78, 5) is 1.01. The van der Waals surface area contributed by atoms with Crippen molar-refractivity contribution in [2.45, 2.75) is 10.1 Å². The highest BCUT2D eigenvalue weighted by Crippen LogP contribution is 2.40. The number of rotatable bonds is 4. The molecule has 6 nitrogen and oxygen atoms in total. The molecule has 4 aromatic rings. The lowest BCUT2D eigenvalue weighted by atomic mass is 10.1. The second-order valence-electron chi connectivity index (χ2n) is 5.18. The molecule has 7 heteroatoms. The molecule has 2 aromatic carbocycles. The molecule has 0 saturated carbocycles. The van der Waals surface area contributed by atoms with E-state index in [4.69, 9.17) is 5.10 Å². The van der Waals surface area contributed by atoms with E-state index in [-0.39, 0.29) is 0 Å². The highest BCUT2D eigenvalue weighted by atomic mass is 32.2. The summed E-state index contributed by atoms with van der Waals surface area (Å²) >= 11 is 1.46. The third-order valence-electron chi connectivity index (χ3n) is 3.62. The van der Waals surface area contributed by atoms with E-state index in [9.17, 15) is 0 Å². The van der Waals surface area contributed by atoms with Crippen LogP contribution in [-0.4, -0.2) is 30.4 Å². The summed E-state index contributed by atoms with van der Waals surface area (Å²) in [6, 6.07) is 20.3. The largest absolute Gasteiger partial charge is 0.266 e. The molecule has 118 valence electrons. The van der Waals surface area contributed by atoms with Gasteiger partial charge < -0.3 is 0 Å². The van der Waals surface area contributed by atoms with Crippen LogP contribution in [0, 0.1) is 0 Å². The maximum Gasteiger partial charge on any atom is 0.235 e. The normalized spacial score (nSPS) is 10.9. The number of nitrogens with zero attached hydrogens (tertiary/aromatic N) is 5. The van der Waals surface area contributed by atoms with Crippen molar-refractivity contribution in [2.75, 3.05) is 0 Å². The van der Waals surface area contributed by atoms with Gasteiger partial charge in [0.25, 0.3) is 0 Å². The highest BCUT2D eigenvalue weighted by molar-refractivity contribution is 7.99. The Labute approximate surface area is 142 Å². The van der Waals surface area contributed by atoms with Gasteiger partial charge in [0, 0.05) is 18.2 Å². The Morgan fingerprint density at radius 1 is 0.917 bits per heavy atom. The Balaban J connectivity index is 1.91. The van der Waals surface area contributed by atoms with E-state index in [1.54, 1.807) is 0 Å². The summed E-state index contributed by atoms with van der Waals surface area (Å²) < 4.78 is 1.90. The van der Waals surface area contributed by atoms with E-state index in [2.05, 4.69) is 44.9 Å². The van der Waals surface area contributed by atoms with Gasteiger partial charge in [-0.15, -0.1) is 10.2 Å². The molecule has 24 heavy (non-hydrogen) atoms. The van der Waals surface area contributed by atoms with Crippen LogP contribution < -0.4 is 0 Å². The number of aromatic nitrogens is 6. The van der Waals surface area contributed by atoms with Gasteiger partial charge in [-0.1, -0.05) is 60.7 Å². The van der Waals surface area contributed by atoms with Gasteiger partial charge in [-0.05, 0) is 17.0 Å². The topological polar surface area (TPSA) is 72.3 Å². The third-order valence-corrected chi connectivity index (χ3v) is 4.56. The van der Waals surface area contributed by atoms with Crippen molar-refractivity contribution in [3.63, 3.8) is 0 Å². The zero-order valence-corrected chi connectivity index (χ0v) is 13.7. The summed E-state index contributed by atoms with van der Waals surface area (Å²) in [6.45, 7) is 0. The van der Waals surface area contributed by atoms with E-state index in [1.807, 2.05) is 48.1 Å². The molecule has 0 saturated heterocycles. The number of benzene rings is 2. The molecule has 4 rings (SSSR count). The molecular weight excluding hydrogens is 320 g/mol. The molecule has 0 aliphatic carbocycles. The van der Waals surface area contributed by atoms with Crippen LogP contribution >= 0.6 is 11.8 Å². The monoisotopic (exact) mass is 334 g/mol. The molecule has 1 N–H and O–H groups in total. The Morgan fingerprint density at radius 2 is 1.58 bits per heavy atom.